The van der Waals surface area contributed by atoms with Crippen LogP contribution in [0.15, 0.2) is 30.3 Å². The number of halogens is 4. The van der Waals surface area contributed by atoms with Crippen molar-refractivity contribution in [2.24, 2.45) is 0 Å². The average molecular weight is 605 g/mol. The molecule has 0 aliphatic carbocycles. The number of piperidine rings is 1. The molecule has 4 nitrogen and oxygen atoms in total. The summed E-state index contributed by atoms with van der Waals surface area (Å²) >= 11 is 0.688. The SMILES string of the molecule is CC1CCCC(C2(O)CN(C(=O)c3ccc(F)c(F)c3[As]c3ccc(I)cc3F)C2)N1. The maximum atomic E-state index is 14.7. The van der Waals surface area contributed by atoms with E-state index in [1.165, 1.54) is 17.0 Å². The Kier molecular flexibility index (Phi) is 6.73. The molecule has 9 heteroatoms. The van der Waals surface area contributed by atoms with E-state index in [0.717, 1.165) is 25.3 Å². The fourth-order valence-electron chi connectivity index (χ4n) is 4.23. The molecule has 2 N–H and O–H groups in total. The molecular weight excluding hydrogens is 583 g/mol. The number of β-amino-alcohol motifs (C(OH)–C–C–N with tert-alkyl or cyclic N) is 1. The fourth-order valence-corrected chi connectivity index (χ4v) is 6.90. The van der Waals surface area contributed by atoms with E-state index in [1.54, 1.807) is 12.1 Å². The molecule has 0 bridgehead atoms. The van der Waals surface area contributed by atoms with Crippen molar-refractivity contribution in [1.82, 2.24) is 10.2 Å². The van der Waals surface area contributed by atoms with Gasteiger partial charge < -0.3 is 0 Å². The number of benzene rings is 2. The van der Waals surface area contributed by atoms with Crippen molar-refractivity contribution in [3.8, 4) is 0 Å². The van der Waals surface area contributed by atoms with E-state index in [-0.39, 0.29) is 33.4 Å². The Morgan fingerprint density at radius 1 is 1.19 bits per heavy atom. The molecule has 1 amide bonds. The molecule has 2 aliphatic heterocycles. The molecule has 1 radical (unpaired) electrons. The van der Waals surface area contributed by atoms with Crippen LogP contribution >= 0.6 is 22.6 Å². The van der Waals surface area contributed by atoms with E-state index in [0.29, 0.717) is 9.61 Å². The minimum atomic E-state index is -1.28. The second-order valence-corrected chi connectivity index (χ2v) is 11.9. The van der Waals surface area contributed by atoms with Gasteiger partial charge in [0.2, 0.25) is 0 Å². The van der Waals surface area contributed by atoms with Crippen LogP contribution in [0.5, 0.6) is 0 Å². The number of nitrogens with one attached hydrogen (secondary N) is 1. The number of nitrogens with zero attached hydrogens (tertiary/aromatic N) is 1. The van der Waals surface area contributed by atoms with Crippen molar-refractivity contribution < 1.29 is 23.1 Å². The molecule has 2 atom stereocenters. The standard InChI is InChI=1S/C22H22AsF3IN2O2/c1-12-3-2-4-18(28-12)22(31)10-29(11-22)21(30)14-6-8-16(24)20(26)19(14)23-15-7-5-13(27)9-17(15)25/h5-9,12,18,28,31H,2-4,10-11H2,1H3. The summed E-state index contributed by atoms with van der Waals surface area (Å²) in [6.07, 6.45) is 2.88. The molecule has 2 unspecified atom stereocenters. The van der Waals surface area contributed by atoms with Gasteiger partial charge in [-0.2, -0.15) is 0 Å². The normalized spacial score (nSPS) is 23.2. The number of hydrogen-bond donors (Lipinski definition) is 2. The van der Waals surface area contributed by atoms with Gasteiger partial charge in [0.05, 0.1) is 0 Å². The number of likely N-dealkylation sites (tertiary alicyclic amines) is 1. The number of rotatable bonds is 4. The Morgan fingerprint density at radius 3 is 2.61 bits per heavy atom. The third kappa shape index (κ3) is 4.68. The average Bonchev–Trinajstić information content (AvgIpc) is 2.70. The zero-order valence-electron chi connectivity index (χ0n) is 16.8. The maximum absolute atomic E-state index is 14.7. The van der Waals surface area contributed by atoms with Crippen molar-refractivity contribution in [2.75, 3.05) is 13.1 Å². The second-order valence-electron chi connectivity index (χ2n) is 8.28. The quantitative estimate of drug-likeness (QED) is 0.415. The summed E-state index contributed by atoms with van der Waals surface area (Å²) in [4.78, 5) is 14.5. The van der Waals surface area contributed by atoms with Crippen LogP contribution < -0.4 is 14.0 Å². The molecule has 2 heterocycles. The van der Waals surface area contributed by atoms with Gasteiger partial charge in [0.15, 0.2) is 0 Å². The first-order valence-corrected chi connectivity index (χ1v) is 13.1. The summed E-state index contributed by atoms with van der Waals surface area (Å²) in [6, 6.07) is 6.96. The van der Waals surface area contributed by atoms with E-state index in [4.69, 9.17) is 0 Å². The first-order chi connectivity index (χ1) is 14.7. The van der Waals surface area contributed by atoms with Crippen molar-refractivity contribution in [3.05, 3.63) is 56.9 Å². The van der Waals surface area contributed by atoms with Crippen LogP contribution in [-0.2, 0) is 0 Å². The van der Waals surface area contributed by atoms with E-state index < -0.39 is 44.7 Å². The van der Waals surface area contributed by atoms with Gasteiger partial charge >= 0.3 is 200 Å². The molecule has 0 aromatic heterocycles. The van der Waals surface area contributed by atoms with Gasteiger partial charge in [0.25, 0.3) is 0 Å². The van der Waals surface area contributed by atoms with E-state index in [1.807, 2.05) is 22.6 Å². The summed E-state index contributed by atoms with van der Waals surface area (Å²) < 4.78 is 43.9. The zero-order valence-corrected chi connectivity index (χ0v) is 20.9. The molecular formula is C22H22AsF3IN2O2. The number of amides is 1. The Hall–Kier alpha value is -1.09. The summed E-state index contributed by atoms with van der Waals surface area (Å²) in [7, 11) is 0. The number of carbonyl (C=O) groups excluding carboxylic acids is 1. The van der Waals surface area contributed by atoms with Crippen LogP contribution in [0.25, 0.3) is 0 Å². The van der Waals surface area contributed by atoms with Gasteiger partial charge in [0, 0.05) is 0 Å². The van der Waals surface area contributed by atoms with Crippen molar-refractivity contribution in [3.63, 3.8) is 0 Å². The second kappa shape index (κ2) is 9.04. The summed E-state index contributed by atoms with van der Waals surface area (Å²) in [5.74, 6) is -3.14. The molecule has 2 aromatic rings. The van der Waals surface area contributed by atoms with E-state index >= 15 is 0 Å². The van der Waals surface area contributed by atoms with Gasteiger partial charge in [-0.3, -0.25) is 0 Å². The van der Waals surface area contributed by atoms with Gasteiger partial charge in [-0.1, -0.05) is 0 Å². The van der Waals surface area contributed by atoms with E-state index in [2.05, 4.69) is 12.2 Å². The molecule has 165 valence electrons. The topological polar surface area (TPSA) is 52.6 Å². The van der Waals surface area contributed by atoms with Crippen LogP contribution in [-0.4, -0.2) is 62.4 Å². The Balaban J connectivity index is 1.56. The number of aliphatic hydroxyl groups is 1. The molecule has 2 aromatic carbocycles. The molecule has 2 aliphatic rings. The predicted molar refractivity (Wildman–Crippen MR) is 122 cm³/mol. The fraction of sp³-hybridized carbons (Fsp3) is 0.409. The van der Waals surface area contributed by atoms with Crippen molar-refractivity contribution in [2.45, 2.75) is 43.9 Å². The van der Waals surface area contributed by atoms with Crippen LogP contribution in [0.1, 0.15) is 36.5 Å². The Bertz CT molecular complexity index is 1020. The number of carbonyl (C=O) groups is 1. The van der Waals surface area contributed by atoms with Gasteiger partial charge in [-0.05, 0) is 0 Å². The van der Waals surface area contributed by atoms with Gasteiger partial charge in [-0.25, -0.2) is 0 Å². The van der Waals surface area contributed by atoms with Gasteiger partial charge in [-0.15, -0.1) is 0 Å². The summed E-state index contributed by atoms with van der Waals surface area (Å²) in [5, 5.41) is 14.3. The summed E-state index contributed by atoms with van der Waals surface area (Å²) in [5.41, 5.74) is -0.997. The third-order valence-corrected chi connectivity index (χ3v) is 9.25. The van der Waals surface area contributed by atoms with Crippen LogP contribution in [0.4, 0.5) is 13.2 Å². The molecule has 0 spiro atoms. The Labute approximate surface area is 199 Å². The van der Waals surface area contributed by atoms with Crippen molar-refractivity contribution >= 4 is 53.0 Å². The van der Waals surface area contributed by atoms with Crippen molar-refractivity contribution in [1.29, 1.82) is 0 Å². The van der Waals surface area contributed by atoms with Gasteiger partial charge in [0.1, 0.15) is 0 Å². The minimum absolute atomic E-state index is 0.0314. The van der Waals surface area contributed by atoms with Crippen LogP contribution in [0, 0.1) is 21.0 Å². The van der Waals surface area contributed by atoms with Crippen LogP contribution in [0.2, 0.25) is 0 Å². The van der Waals surface area contributed by atoms with E-state index in [9.17, 15) is 23.1 Å². The number of hydrogen-bond acceptors (Lipinski definition) is 3. The molecule has 2 saturated heterocycles. The molecule has 2 fully saturated rings. The Morgan fingerprint density at radius 2 is 1.94 bits per heavy atom. The van der Waals surface area contributed by atoms with Crippen LogP contribution in [0.3, 0.4) is 0 Å². The first-order valence-electron chi connectivity index (χ1n) is 10.1. The zero-order chi connectivity index (χ0) is 22.3. The molecule has 31 heavy (non-hydrogen) atoms. The predicted octanol–water partition coefficient (Wildman–Crippen LogP) is 2.08. The summed E-state index contributed by atoms with van der Waals surface area (Å²) in [6.45, 7) is 2.32. The molecule has 4 rings (SSSR count). The monoisotopic (exact) mass is 605 g/mol. The third-order valence-electron chi connectivity index (χ3n) is 5.92. The molecule has 0 saturated carbocycles. The first kappa shape index (κ1) is 23.1.